The number of hydrogen-bond acceptors (Lipinski definition) is 5. The van der Waals surface area contributed by atoms with Crippen molar-refractivity contribution in [2.45, 2.75) is 110 Å². The van der Waals surface area contributed by atoms with Gasteiger partial charge in [-0.25, -0.2) is 0 Å². The molecule has 0 heterocycles. The lowest BCUT2D eigenvalue weighted by atomic mass is 9.72. The molecular formula is C24H42O5. The van der Waals surface area contributed by atoms with Crippen LogP contribution < -0.4 is 4.74 Å². The van der Waals surface area contributed by atoms with Crippen LogP contribution in [-0.2, 0) is 22.4 Å². The summed E-state index contributed by atoms with van der Waals surface area (Å²) in [6.45, 7) is 16.5. The molecule has 0 aliphatic rings. The summed E-state index contributed by atoms with van der Waals surface area (Å²) in [6, 6.07) is 1.76. The number of benzene rings is 1. The van der Waals surface area contributed by atoms with E-state index in [2.05, 4.69) is 0 Å². The van der Waals surface area contributed by atoms with Crippen molar-refractivity contribution in [3.63, 3.8) is 0 Å². The quantitative estimate of drug-likeness (QED) is 0.454. The average Bonchev–Trinajstić information content (AvgIpc) is 2.66. The monoisotopic (exact) mass is 410 g/mol. The Bertz CT molecular complexity index is 647. The van der Waals surface area contributed by atoms with E-state index in [1.807, 2.05) is 34.6 Å². The van der Waals surface area contributed by atoms with Gasteiger partial charge in [-0.1, -0.05) is 27.7 Å². The van der Waals surface area contributed by atoms with E-state index in [0.717, 1.165) is 0 Å². The first-order chi connectivity index (χ1) is 13.2. The highest BCUT2D eigenvalue weighted by atomic mass is 16.5. The van der Waals surface area contributed by atoms with E-state index in [0.29, 0.717) is 60.3 Å². The predicted molar refractivity (Wildman–Crippen MR) is 117 cm³/mol. The van der Waals surface area contributed by atoms with Gasteiger partial charge >= 0.3 is 0 Å². The first-order valence-electron chi connectivity index (χ1n) is 10.9. The van der Waals surface area contributed by atoms with Crippen molar-refractivity contribution in [3.8, 4) is 5.75 Å². The van der Waals surface area contributed by atoms with Crippen LogP contribution >= 0.6 is 0 Å². The normalized spacial score (nSPS) is 20.3. The predicted octanol–water partition coefficient (Wildman–Crippen LogP) is 4.56. The molecular weight excluding hydrogens is 368 g/mol. The van der Waals surface area contributed by atoms with Gasteiger partial charge in [0.25, 0.3) is 0 Å². The van der Waals surface area contributed by atoms with Crippen LogP contribution in [0.5, 0.6) is 5.75 Å². The molecule has 4 N–H and O–H groups in total. The lowest BCUT2D eigenvalue weighted by Gasteiger charge is -2.40. The molecule has 0 saturated heterocycles. The van der Waals surface area contributed by atoms with Crippen molar-refractivity contribution < 1.29 is 25.2 Å². The molecule has 29 heavy (non-hydrogen) atoms. The summed E-state index contributed by atoms with van der Waals surface area (Å²) in [7, 11) is 0. The number of hydrogen-bond donors (Lipinski definition) is 4. The van der Waals surface area contributed by atoms with Crippen LogP contribution in [0.15, 0.2) is 6.07 Å². The Hall–Kier alpha value is -1.14. The first kappa shape index (κ1) is 25.9. The molecule has 0 aliphatic heterocycles. The molecule has 5 heteroatoms. The van der Waals surface area contributed by atoms with Gasteiger partial charge in [0.05, 0.1) is 29.0 Å². The molecule has 168 valence electrons. The molecule has 4 atom stereocenters. The lowest BCUT2D eigenvalue weighted by Crippen LogP contribution is -2.36. The topological polar surface area (TPSA) is 90.2 Å². The summed E-state index contributed by atoms with van der Waals surface area (Å²) < 4.78 is 6.06. The highest BCUT2D eigenvalue weighted by Crippen LogP contribution is 2.50. The fourth-order valence-corrected chi connectivity index (χ4v) is 3.60. The van der Waals surface area contributed by atoms with Crippen molar-refractivity contribution in [1.82, 2.24) is 0 Å². The maximum atomic E-state index is 11.3. The summed E-state index contributed by atoms with van der Waals surface area (Å²) in [5.41, 5.74) is -3.04. The standard InChI is InChI=1S/C24H42O5/c1-10-21(6,25)16-15-17(22(7,26)11-2)19(24(9,28)13-4)20(29-14-5)18(16)23(8,27)12-3/h15,25-28H,10-14H2,1-9H3. The van der Waals surface area contributed by atoms with E-state index in [9.17, 15) is 20.4 Å². The highest BCUT2D eigenvalue weighted by Gasteiger charge is 2.43. The Morgan fingerprint density at radius 2 is 0.931 bits per heavy atom. The van der Waals surface area contributed by atoms with Crippen molar-refractivity contribution in [2.75, 3.05) is 6.61 Å². The second-order valence-electron chi connectivity index (χ2n) is 8.99. The van der Waals surface area contributed by atoms with Crippen LogP contribution in [0.25, 0.3) is 0 Å². The van der Waals surface area contributed by atoms with Crippen LogP contribution in [-0.4, -0.2) is 27.0 Å². The molecule has 0 spiro atoms. The number of aliphatic hydroxyl groups is 4. The minimum Gasteiger partial charge on any atom is -0.493 e. The van der Waals surface area contributed by atoms with Crippen LogP contribution in [0, 0.1) is 0 Å². The molecule has 0 aliphatic carbocycles. The minimum absolute atomic E-state index is 0.324. The van der Waals surface area contributed by atoms with E-state index < -0.39 is 22.4 Å². The zero-order valence-corrected chi connectivity index (χ0v) is 19.8. The van der Waals surface area contributed by atoms with Crippen LogP contribution in [0.1, 0.15) is 110 Å². The second-order valence-corrected chi connectivity index (χ2v) is 8.99. The molecule has 1 aromatic carbocycles. The third kappa shape index (κ3) is 4.96. The summed E-state index contributed by atoms with van der Waals surface area (Å²) in [6.07, 6.45) is 1.64. The molecule has 0 saturated carbocycles. The van der Waals surface area contributed by atoms with Gasteiger partial charge in [0.2, 0.25) is 0 Å². The molecule has 0 bridgehead atoms. The first-order valence-corrected chi connectivity index (χ1v) is 10.9. The van der Waals surface area contributed by atoms with Gasteiger partial charge in [-0.15, -0.1) is 0 Å². The Morgan fingerprint density at radius 3 is 1.17 bits per heavy atom. The Balaban J connectivity index is 4.35. The van der Waals surface area contributed by atoms with Gasteiger partial charge in [-0.05, 0) is 77.5 Å². The van der Waals surface area contributed by atoms with Gasteiger partial charge in [0.1, 0.15) is 5.75 Å². The molecule has 1 aromatic rings. The fourth-order valence-electron chi connectivity index (χ4n) is 3.60. The Morgan fingerprint density at radius 1 is 0.621 bits per heavy atom. The van der Waals surface area contributed by atoms with Gasteiger partial charge in [0, 0.05) is 11.1 Å². The zero-order valence-electron chi connectivity index (χ0n) is 19.8. The molecule has 1 rings (SSSR count). The molecule has 0 aromatic heterocycles. The largest absolute Gasteiger partial charge is 0.493 e. The van der Waals surface area contributed by atoms with Crippen molar-refractivity contribution in [3.05, 3.63) is 28.3 Å². The van der Waals surface area contributed by atoms with E-state index >= 15 is 0 Å². The summed E-state index contributed by atoms with van der Waals surface area (Å²) >= 11 is 0. The summed E-state index contributed by atoms with van der Waals surface area (Å²) in [4.78, 5) is 0. The third-order valence-corrected chi connectivity index (χ3v) is 6.56. The Kier molecular flexibility index (Phi) is 7.97. The maximum absolute atomic E-state index is 11.3. The zero-order chi connectivity index (χ0) is 22.8. The van der Waals surface area contributed by atoms with Crippen LogP contribution in [0.2, 0.25) is 0 Å². The highest BCUT2D eigenvalue weighted by molar-refractivity contribution is 5.58. The van der Waals surface area contributed by atoms with Crippen molar-refractivity contribution >= 4 is 0 Å². The average molecular weight is 411 g/mol. The van der Waals surface area contributed by atoms with Gasteiger partial charge in [-0.3, -0.25) is 0 Å². The molecule has 4 unspecified atom stereocenters. The second kappa shape index (κ2) is 8.93. The molecule has 5 nitrogen and oxygen atoms in total. The van der Waals surface area contributed by atoms with Crippen molar-refractivity contribution in [1.29, 1.82) is 0 Å². The van der Waals surface area contributed by atoms with Gasteiger partial charge < -0.3 is 25.2 Å². The fraction of sp³-hybridized carbons (Fsp3) is 0.750. The third-order valence-electron chi connectivity index (χ3n) is 6.56. The SMILES string of the molecule is CCOc1c(C(C)(O)CC)c(C(C)(O)CC)cc(C(C)(O)CC)c1C(C)(O)CC. The van der Waals surface area contributed by atoms with E-state index in [4.69, 9.17) is 4.74 Å². The Labute approximate surface area is 176 Å². The smallest absolute Gasteiger partial charge is 0.132 e. The van der Waals surface area contributed by atoms with E-state index in [-0.39, 0.29) is 0 Å². The number of rotatable bonds is 10. The van der Waals surface area contributed by atoms with Crippen LogP contribution in [0.4, 0.5) is 0 Å². The molecule has 0 fully saturated rings. The van der Waals surface area contributed by atoms with Crippen molar-refractivity contribution in [2.24, 2.45) is 0 Å². The molecule has 0 amide bonds. The molecule has 0 radical (unpaired) electrons. The summed E-state index contributed by atoms with van der Waals surface area (Å²) in [5.74, 6) is 0.362. The summed E-state index contributed by atoms with van der Waals surface area (Å²) in [5, 5.41) is 45.1. The van der Waals surface area contributed by atoms with Gasteiger partial charge in [0.15, 0.2) is 0 Å². The van der Waals surface area contributed by atoms with Gasteiger partial charge in [-0.2, -0.15) is 0 Å². The number of ether oxygens (including phenoxy) is 1. The van der Waals surface area contributed by atoms with E-state index in [1.165, 1.54) is 0 Å². The lowest BCUT2D eigenvalue weighted by molar-refractivity contribution is 0.0128. The minimum atomic E-state index is -1.28. The van der Waals surface area contributed by atoms with Crippen LogP contribution in [0.3, 0.4) is 0 Å². The maximum Gasteiger partial charge on any atom is 0.132 e. The van der Waals surface area contributed by atoms with E-state index in [1.54, 1.807) is 33.8 Å².